The van der Waals surface area contributed by atoms with Crippen molar-refractivity contribution >= 4 is 5.91 Å². The van der Waals surface area contributed by atoms with Crippen LogP contribution in [-0.4, -0.2) is 34.9 Å². The van der Waals surface area contributed by atoms with Gasteiger partial charge in [0.25, 0.3) is 5.91 Å². The number of carbonyl (C=O) groups excluding carboxylic acids is 1. The zero-order valence-electron chi connectivity index (χ0n) is 12.1. The third-order valence-electron chi connectivity index (χ3n) is 4.16. The van der Waals surface area contributed by atoms with Crippen molar-refractivity contribution in [1.82, 2.24) is 9.88 Å². The highest BCUT2D eigenvalue weighted by molar-refractivity contribution is 5.93. The van der Waals surface area contributed by atoms with Crippen LogP contribution < -0.4 is 5.73 Å². The van der Waals surface area contributed by atoms with Crippen molar-refractivity contribution in [3.63, 3.8) is 0 Å². The Labute approximate surface area is 125 Å². The average Bonchev–Trinajstić information content (AvgIpc) is 3.05. The van der Waals surface area contributed by atoms with E-state index in [4.69, 9.17) is 5.73 Å². The third-order valence-corrected chi connectivity index (χ3v) is 4.16. The summed E-state index contributed by atoms with van der Waals surface area (Å²) < 4.78 is 0. The fraction of sp³-hybridized carbons (Fsp3) is 0.353. The zero-order valence-corrected chi connectivity index (χ0v) is 12.1. The number of nitrogens with zero attached hydrogens (tertiary/aromatic N) is 1. The van der Waals surface area contributed by atoms with E-state index in [0.29, 0.717) is 12.2 Å². The van der Waals surface area contributed by atoms with Gasteiger partial charge in [0.05, 0.1) is 0 Å². The van der Waals surface area contributed by atoms with Crippen LogP contribution in [0.25, 0.3) is 11.3 Å². The monoisotopic (exact) mass is 283 g/mol. The standard InChI is InChI=1S/C17H21N3O/c18-12-14-8-4-5-11-20(14)17(21)16-10-9-15(19-16)13-6-2-1-3-7-13/h1-3,6-7,9-10,14,19H,4-5,8,11-12,18H2/t14-/m1/s1. The number of aromatic amines is 1. The molecule has 4 nitrogen and oxygen atoms in total. The van der Waals surface area contributed by atoms with Crippen LogP contribution in [0.15, 0.2) is 42.5 Å². The van der Waals surface area contributed by atoms with Gasteiger partial charge >= 0.3 is 0 Å². The summed E-state index contributed by atoms with van der Waals surface area (Å²) in [6.07, 6.45) is 3.23. The van der Waals surface area contributed by atoms with Gasteiger partial charge in [0, 0.05) is 24.8 Å². The Balaban J connectivity index is 1.81. The largest absolute Gasteiger partial charge is 0.351 e. The molecule has 1 saturated heterocycles. The van der Waals surface area contributed by atoms with Gasteiger partial charge in [-0.15, -0.1) is 0 Å². The molecule has 1 atom stereocenters. The molecule has 2 aromatic rings. The predicted molar refractivity (Wildman–Crippen MR) is 84.0 cm³/mol. The molecule has 0 saturated carbocycles. The molecule has 21 heavy (non-hydrogen) atoms. The second-order valence-corrected chi connectivity index (χ2v) is 5.54. The fourth-order valence-electron chi connectivity index (χ4n) is 2.97. The minimum Gasteiger partial charge on any atom is -0.351 e. The summed E-state index contributed by atoms with van der Waals surface area (Å²) in [5.41, 5.74) is 8.51. The number of benzene rings is 1. The van der Waals surface area contributed by atoms with Crippen LogP contribution in [0.4, 0.5) is 0 Å². The van der Waals surface area contributed by atoms with Crippen LogP contribution >= 0.6 is 0 Å². The number of piperidine rings is 1. The molecule has 3 N–H and O–H groups in total. The summed E-state index contributed by atoms with van der Waals surface area (Å²) in [5, 5.41) is 0. The first-order valence-corrected chi connectivity index (χ1v) is 7.55. The second-order valence-electron chi connectivity index (χ2n) is 5.54. The molecule has 1 amide bonds. The predicted octanol–water partition coefficient (Wildman–Crippen LogP) is 2.64. The molecule has 0 unspecified atom stereocenters. The van der Waals surface area contributed by atoms with Crippen LogP contribution in [0.1, 0.15) is 29.8 Å². The maximum atomic E-state index is 12.7. The molecule has 1 fully saturated rings. The lowest BCUT2D eigenvalue weighted by Gasteiger charge is -2.34. The Hall–Kier alpha value is -2.07. The summed E-state index contributed by atoms with van der Waals surface area (Å²) in [4.78, 5) is 17.8. The number of rotatable bonds is 3. The van der Waals surface area contributed by atoms with E-state index in [2.05, 4.69) is 4.98 Å². The molecule has 0 aliphatic carbocycles. The number of aromatic nitrogens is 1. The first kappa shape index (κ1) is 13.9. The minimum atomic E-state index is 0.0623. The molecule has 1 aliphatic rings. The van der Waals surface area contributed by atoms with Gasteiger partial charge in [0.1, 0.15) is 5.69 Å². The molecular formula is C17H21N3O. The highest BCUT2D eigenvalue weighted by Gasteiger charge is 2.27. The van der Waals surface area contributed by atoms with Crippen LogP contribution in [0.3, 0.4) is 0 Å². The summed E-state index contributed by atoms with van der Waals surface area (Å²) in [6, 6.07) is 14.0. The third kappa shape index (κ3) is 2.85. The number of carbonyl (C=O) groups is 1. The Bertz CT molecular complexity index is 606. The van der Waals surface area contributed by atoms with Gasteiger partial charge in [-0.25, -0.2) is 0 Å². The average molecular weight is 283 g/mol. The Morgan fingerprint density at radius 2 is 2.00 bits per heavy atom. The molecule has 0 radical (unpaired) electrons. The second kappa shape index (κ2) is 6.14. The van der Waals surface area contributed by atoms with Crippen molar-refractivity contribution in [2.75, 3.05) is 13.1 Å². The Morgan fingerprint density at radius 1 is 1.19 bits per heavy atom. The SMILES string of the molecule is NC[C@H]1CCCCN1C(=O)c1ccc(-c2ccccc2)[nH]1. The number of hydrogen-bond acceptors (Lipinski definition) is 2. The number of likely N-dealkylation sites (tertiary alicyclic amines) is 1. The van der Waals surface area contributed by atoms with Crippen molar-refractivity contribution < 1.29 is 4.79 Å². The normalized spacial score (nSPS) is 18.7. The van der Waals surface area contributed by atoms with E-state index in [1.165, 1.54) is 0 Å². The van der Waals surface area contributed by atoms with E-state index in [0.717, 1.165) is 37.1 Å². The van der Waals surface area contributed by atoms with Gasteiger partial charge in [0.2, 0.25) is 0 Å². The lowest BCUT2D eigenvalue weighted by Crippen LogP contribution is -2.47. The van der Waals surface area contributed by atoms with Crippen LogP contribution in [0, 0.1) is 0 Å². The Morgan fingerprint density at radius 3 is 2.76 bits per heavy atom. The van der Waals surface area contributed by atoms with Crippen molar-refractivity contribution in [2.45, 2.75) is 25.3 Å². The van der Waals surface area contributed by atoms with Gasteiger partial charge in [0.15, 0.2) is 0 Å². The fourth-order valence-corrected chi connectivity index (χ4v) is 2.97. The molecule has 0 bridgehead atoms. The molecule has 3 rings (SSSR count). The van der Waals surface area contributed by atoms with E-state index in [1.807, 2.05) is 47.4 Å². The Kier molecular flexibility index (Phi) is 4.06. The number of nitrogens with two attached hydrogens (primary N) is 1. The van der Waals surface area contributed by atoms with Crippen molar-refractivity contribution in [1.29, 1.82) is 0 Å². The van der Waals surface area contributed by atoms with Crippen LogP contribution in [0.5, 0.6) is 0 Å². The van der Waals surface area contributed by atoms with Gasteiger partial charge in [-0.3, -0.25) is 4.79 Å². The number of hydrogen-bond donors (Lipinski definition) is 2. The first-order chi connectivity index (χ1) is 10.3. The smallest absolute Gasteiger partial charge is 0.270 e. The van der Waals surface area contributed by atoms with Gasteiger partial charge in [-0.2, -0.15) is 0 Å². The highest BCUT2D eigenvalue weighted by atomic mass is 16.2. The lowest BCUT2D eigenvalue weighted by atomic mass is 10.0. The van der Waals surface area contributed by atoms with E-state index >= 15 is 0 Å². The van der Waals surface area contributed by atoms with Crippen molar-refractivity contribution in [3.05, 3.63) is 48.2 Å². The maximum absolute atomic E-state index is 12.7. The first-order valence-electron chi connectivity index (χ1n) is 7.55. The maximum Gasteiger partial charge on any atom is 0.270 e. The molecule has 1 aliphatic heterocycles. The quantitative estimate of drug-likeness (QED) is 0.909. The number of nitrogens with one attached hydrogen (secondary N) is 1. The summed E-state index contributed by atoms with van der Waals surface area (Å²) in [7, 11) is 0. The summed E-state index contributed by atoms with van der Waals surface area (Å²) in [6.45, 7) is 1.35. The van der Waals surface area contributed by atoms with Crippen molar-refractivity contribution in [2.24, 2.45) is 5.73 Å². The molecule has 2 heterocycles. The minimum absolute atomic E-state index is 0.0623. The summed E-state index contributed by atoms with van der Waals surface area (Å²) >= 11 is 0. The van der Waals surface area contributed by atoms with Crippen molar-refractivity contribution in [3.8, 4) is 11.3 Å². The number of amides is 1. The van der Waals surface area contributed by atoms with E-state index in [1.54, 1.807) is 0 Å². The number of H-pyrrole nitrogens is 1. The van der Waals surface area contributed by atoms with Gasteiger partial charge in [-0.1, -0.05) is 30.3 Å². The molecule has 1 aromatic carbocycles. The molecular weight excluding hydrogens is 262 g/mol. The van der Waals surface area contributed by atoms with E-state index in [-0.39, 0.29) is 11.9 Å². The topological polar surface area (TPSA) is 62.1 Å². The van der Waals surface area contributed by atoms with Gasteiger partial charge < -0.3 is 15.6 Å². The van der Waals surface area contributed by atoms with Crippen LogP contribution in [0.2, 0.25) is 0 Å². The molecule has 0 spiro atoms. The van der Waals surface area contributed by atoms with E-state index < -0.39 is 0 Å². The molecule has 4 heteroatoms. The van der Waals surface area contributed by atoms with Crippen LogP contribution in [-0.2, 0) is 0 Å². The highest BCUT2D eigenvalue weighted by Crippen LogP contribution is 2.22. The zero-order chi connectivity index (χ0) is 14.7. The molecule has 110 valence electrons. The lowest BCUT2D eigenvalue weighted by molar-refractivity contribution is 0.0618. The summed E-state index contributed by atoms with van der Waals surface area (Å²) in [5.74, 6) is 0.0623. The van der Waals surface area contributed by atoms with Gasteiger partial charge in [-0.05, 0) is 37.0 Å². The van der Waals surface area contributed by atoms with E-state index in [9.17, 15) is 4.79 Å². The molecule has 1 aromatic heterocycles.